The van der Waals surface area contributed by atoms with Crippen LogP contribution >= 0.6 is 22.6 Å². The van der Waals surface area contributed by atoms with E-state index in [-0.39, 0.29) is 0 Å². The fourth-order valence-electron chi connectivity index (χ4n) is 0.709. The number of hydrogen-bond donors (Lipinski definition) is 1. The molecule has 0 aliphatic carbocycles. The third-order valence-electron chi connectivity index (χ3n) is 1.22. The Hall–Kier alpha value is -0.390. The van der Waals surface area contributed by atoms with Gasteiger partial charge in [-0.25, -0.2) is 0 Å². The average Bonchev–Trinajstić information content (AvgIpc) is 1.94. The molecule has 0 saturated heterocycles. The number of rotatable bonds is 1. The van der Waals surface area contributed by atoms with E-state index in [0.29, 0.717) is 21.9 Å². The predicted molar refractivity (Wildman–Crippen MR) is 48.4 cm³/mol. The molecule has 1 unspecified atom stereocenters. The first-order valence-electron chi connectivity index (χ1n) is 2.85. The predicted octanol–water partition coefficient (Wildman–Crippen LogP) is 0.286. The zero-order valence-corrected chi connectivity index (χ0v) is 7.41. The van der Waals surface area contributed by atoms with Gasteiger partial charge in [-0.3, -0.25) is 9.79 Å². The van der Waals surface area contributed by atoms with Crippen LogP contribution in [0.25, 0.3) is 0 Å². The number of alkyl halides is 1. The third kappa shape index (κ3) is 1.56. The minimum absolute atomic E-state index is 0.310. The summed E-state index contributed by atoms with van der Waals surface area (Å²) in [6.07, 6.45) is 2.57. The van der Waals surface area contributed by atoms with E-state index in [9.17, 15) is 4.79 Å². The van der Waals surface area contributed by atoms with Crippen LogP contribution < -0.4 is 5.73 Å². The van der Waals surface area contributed by atoms with Crippen molar-refractivity contribution in [2.24, 2.45) is 10.7 Å². The average molecular weight is 250 g/mol. The lowest BCUT2D eigenvalue weighted by Crippen LogP contribution is -2.22. The Kier molecular flexibility index (Phi) is 2.42. The van der Waals surface area contributed by atoms with Gasteiger partial charge in [0.05, 0.1) is 12.1 Å². The molecule has 1 aliphatic rings. The van der Waals surface area contributed by atoms with E-state index in [0.717, 1.165) is 6.29 Å². The second-order valence-electron chi connectivity index (χ2n) is 1.98. The molecule has 4 heteroatoms. The lowest BCUT2D eigenvalue weighted by atomic mass is 10.2. The Morgan fingerprint density at radius 2 is 2.60 bits per heavy atom. The number of aldehydes is 1. The summed E-state index contributed by atoms with van der Waals surface area (Å²) in [5.41, 5.74) is 5.92. The second-order valence-corrected chi connectivity index (χ2v) is 3.58. The van der Waals surface area contributed by atoms with Crippen molar-refractivity contribution in [2.45, 2.75) is 3.92 Å². The van der Waals surface area contributed by atoms with E-state index in [1.54, 1.807) is 0 Å². The van der Waals surface area contributed by atoms with Gasteiger partial charge >= 0.3 is 0 Å². The molecular formula is C6H7IN2O. The van der Waals surface area contributed by atoms with Crippen LogP contribution in [0.4, 0.5) is 0 Å². The molecule has 1 rings (SSSR count). The van der Waals surface area contributed by atoms with Crippen molar-refractivity contribution in [3.05, 3.63) is 11.6 Å². The molecule has 1 aliphatic heterocycles. The number of dihydropyridines is 1. The molecule has 2 N–H and O–H groups in total. The molecule has 0 aromatic heterocycles. The van der Waals surface area contributed by atoms with Crippen molar-refractivity contribution in [3.8, 4) is 0 Å². The molecule has 0 radical (unpaired) electrons. The summed E-state index contributed by atoms with van der Waals surface area (Å²) in [5, 5.41) is 0. The zero-order valence-electron chi connectivity index (χ0n) is 5.25. The van der Waals surface area contributed by atoms with Crippen LogP contribution in [-0.4, -0.2) is 22.6 Å². The van der Waals surface area contributed by atoms with Gasteiger partial charge in [0.25, 0.3) is 0 Å². The van der Waals surface area contributed by atoms with Gasteiger partial charge in [-0.15, -0.1) is 0 Å². The first-order chi connectivity index (χ1) is 4.74. The molecule has 0 fully saturated rings. The van der Waals surface area contributed by atoms with Gasteiger partial charge in [-0.1, -0.05) is 28.7 Å². The van der Waals surface area contributed by atoms with Gasteiger partial charge in [-0.05, 0) is 0 Å². The lowest BCUT2D eigenvalue weighted by Gasteiger charge is -2.09. The summed E-state index contributed by atoms with van der Waals surface area (Å²) in [6.45, 7) is 0.684. The molecule has 0 aromatic carbocycles. The first-order valence-corrected chi connectivity index (χ1v) is 4.10. The van der Waals surface area contributed by atoms with Crippen LogP contribution in [0, 0.1) is 0 Å². The molecule has 0 saturated carbocycles. The number of nitrogens with zero attached hydrogens (tertiary/aromatic N) is 1. The standard InChI is InChI=1S/C6H7IN2O/c7-5-1-4(3-10)6(8)9-2-5/h1,3,5H,2H2,(H2,8,9). The highest BCUT2D eigenvalue weighted by atomic mass is 127. The minimum Gasteiger partial charge on any atom is -0.383 e. The lowest BCUT2D eigenvalue weighted by molar-refractivity contribution is -0.104. The van der Waals surface area contributed by atoms with Gasteiger partial charge in [0, 0.05) is 3.92 Å². The zero-order chi connectivity index (χ0) is 7.56. The number of carbonyl (C=O) groups is 1. The van der Waals surface area contributed by atoms with Crippen molar-refractivity contribution in [3.63, 3.8) is 0 Å². The van der Waals surface area contributed by atoms with E-state index in [2.05, 4.69) is 27.6 Å². The van der Waals surface area contributed by atoms with Gasteiger partial charge < -0.3 is 5.73 Å². The van der Waals surface area contributed by atoms with Gasteiger partial charge in [0.2, 0.25) is 0 Å². The molecule has 1 atom stereocenters. The van der Waals surface area contributed by atoms with Crippen LogP contribution in [0.15, 0.2) is 16.6 Å². The smallest absolute Gasteiger partial charge is 0.153 e. The number of amidine groups is 1. The maximum atomic E-state index is 10.3. The highest BCUT2D eigenvalue weighted by molar-refractivity contribution is 14.1. The van der Waals surface area contributed by atoms with E-state index in [4.69, 9.17) is 5.73 Å². The second kappa shape index (κ2) is 3.14. The van der Waals surface area contributed by atoms with Crippen molar-refractivity contribution in [1.29, 1.82) is 0 Å². The highest BCUT2D eigenvalue weighted by Gasteiger charge is 2.10. The summed E-state index contributed by atoms with van der Waals surface area (Å²) in [5.74, 6) is 0.364. The monoisotopic (exact) mass is 250 g/mol. The van der Waals surface area contributed by atoms with Gasteiger partial charge in [0.15, 0.2) is 6.29 Å². The van der Waals surface area contributed by atoms with E-state index in [1.165, 1.54) is 0 Å². The molecule has 0 spiro atoms. The number of carbonyl (C=O) groups excluding carboxylic acids is 1. The van der Waals surface area contributed by atoms with Gasteiger partial charge in [-0.2, -0.15) is 0 Å². The Bertz CT molecular complexity index is 210. The van der Waals surface area contributed by atoms with Crippen LogP contribution in [0.2, 0.25) is 0 Å². The van der Waals surface area contributed by atoms with E-state index >= 15 is 0 Å². The largest absolute Gasteiger partial charge is 0.383 e. The Labute approximate surface area is 72.5 Å². The highest BCUT2D eigenvalue weighted by Crippen LogP contribution is 2.10. The molecule has 3 nitrogen and oxygen atoms in total. The maximum Gasteiger partial charge on any atom is 0.153 e. The summed E-state index contributed by atoms with van der Waals surface area (Å²) in [7, 11) is 0. The molecule has 0 aromatic rings. The Morgan fingerprint density at radius 1 is 1.90 bits per heavy atom. The third-order valence-corrected chi connectivity index (χ3v) is 1.97. The van der Waals surface area contributed by atoms with Crippen molar-refractivity contribution >= 4 is 34.7 Å². The minimum atomic E-state index is 0.310. The number of nitrogens with two attached hydrogens (primary N) is 1. The van der Waals surface area contributed by atoms with Crippen LogP contribution in [0.1, 0.15) is 0 Å². The van der Waals surface area contributed by atoms with Gasteiger partial charge in [0.1, 0.15) is 5.84 Å². The fourth-order valence-corrected chi connectivity index (χ4v) is 1.29. The van der Waals surface area contributed by atoms with E-state index < -0.39 is 0 Å². The van der Waals surface area contributed by atoms with E-state index in [1.807, 2.05) is 6.08 Å². The van der Waals surface area contributed by atoms with Crippen molar-refractivity contribution < 1.29 is 4.79 Å². The SMILES string of the molecule is NC1=NCC(I)C=C1C=O. The molecule has 10 heavy (non-hydrogen) atoms. The Morgan fingerprint density at radius 3 is 3.10 bits per heavy atom. The number of halogens is 1. The normalized spacial score (nSPS) is 25.1. The summed E-state index contributed by atoms with van der Waals surface area (Å²) in [4.78, 5) is 14.2. The van der Waals surface area contributed by atoms with Crippen molar-refractivity contribution in [1.82, 2.24) is 0 Å². The molecule has 1 heterocycles. The van der Waals surface area contributed by atoms with Crippen LogP contribution in [0.3, 0.4) is 0 Å². The fraction of sp³-hybridized carbons (Fsp3) is 0.333. The van der Waals surface area contributed by atoms with Crippen molar-refractivity contribution in [2.75, 3.05) is 6.54 Å². The summed E-state index contributed by atoms with van der Waals surface area (Å²) in [6, 6.07) is 0. The molecule has 0 bridgehead atoms. The maximum absolute atomic E-state index is 10.3. The quantitative estimate of drug-likeness (QED) is 0.413. The molecular weight excluding hydrogens is 243 g/mol. The molecule has 0 amide bonds. The first kappa shape index (κ1) is 7.71. The molecule has 54 valence electrons. The van der Waals surface area contributed by atoms with Crippen LogP contribution in [-0.2, 0) is 4.79 Å². The number of aliphatic imine (C=N–C) groups is 1. The topological polar surface area (TPSA) is 55.4 Å². The number of hydrogen-bond acceptors (Lipinski definition) is 3. The van der Waals surface area contributed by atoms with Crippen LogP contribution in [0.5, 0.6) is 0 Å². The Balaban J connectivity index is 2.83. The summed E-state index contributed by atoms with van der Waals surface area (Å²) < 4.78 is 0.310. The summed E-state index contributed by atoms with van der Waals surface area (Å²) >= 11 is 2.21.